The number of aromatic nitrogens is 2. The van der Waals surface area contributed by atoms with Crippen LogP contribution in [0, 0.1) is 15.9 Å². The Morgan fingerprint density at radius 2 is 1.92 bits per heavy atom. The molecule has 1 amide bonds. The molecule has 1 aromatic heterocycles. The zero-order valence-electron chi connectivity index (χ0n) is 13.8. The van der Waals surface area contributed by atoms with E-state index >= 15 is 0 Å². The van der Waals surface area contributed by atoms with E-state index < -0.39 is 22.7 Å². The number of benzene rings is 2. The topological polar surface area (TPSA) is 90.1 Å². The molecule has 2 aromatic carbocycles. The molecule has 1 heterocycles. The normalized spacial score (nSPS) is 11.8. The Hall–Kier alpha value is -3.55. The van der Waals surface area contributed by atoms with Gasteiger partial charge in [0.25, 0.3) is 11.6 Å². The highest BCUT2D eigenvalue weighted by Crippen LogP contribution is 2.24. The van der Waals surface area contributed by atoms with Crippen molar-refractivity contribution >= 4 is 11.6 Å². The quantitative estimate of drug-likeness (QED) is 0.563. The summed E-state index contributed by atoms with van der Waals surface area (Å²) < 4.78 is 16.0. The number of non-ortho nitro benzene ring substituents is 1. The summed E-state index contributed by atoms with van der Waals surface area (Å²) in [6.45, 7) is 0. The fourth-order valence-corrected chi connectivity index (χ4v) is 2.59. The number of carbonyl (C=O) groups is 1. The summed E-state index contributed by atoms with van der Waals surface area (Å²) in [6, 6.07) is 10.5. The van der Waals surface area contributed by atoms with Gasteiger partial charge in [-0.05, 0) is 18.2 Å². The second-order valence-electron chi connectivity index (χ2n) is 5.63. The lowest BCUT2D eigenvalue weighted by Crippen LogP contribution is -2.31. The average Bonchev–Trinajstić information content (AvgIpc) is 3.06. The molecule has 1 atom stereocenters. The fourth-order valence-electron chi connectivity index (χ4n) is 2.59. The third-order valence-corrected chi connectivity index (χ3v) is 3.95. The van der Waals surface area contributed by atoms with Gasteiger partial charge in [-0.15, -0.1) is 0 Å². The molecule has 132 valence electrons. The standard InChI is InChI=1S/C18H15FN4O3/c1-22-11-10-20-17(22)16(14-4-2-3-5-15(14)19)21-18(24)12-6-8-13(9-7-12)23(25)26/h2-11,16H,1H3,(H,21,24). The monoisotopic (exact) mass is 354 g/mol. The summed E-state index contributed by atoms with van der Waals surface area (Å²) in [5.74, 6) is -0.494. The maximum Gasteiger partial charge on any atom is 0.269 e. The highest BCUT2D eigenvalue weighted by atomic mass is 19.1. The number of hydrogen-bond donors (Lipinski definition) is 1. The molecule has 0 spiro atoms. The Kier molecular flexibility index (Phi) is 4.74. The molecule has 0 aliphatic carbocycles. The Labute approximate surface area is 148 Å². The number of nitrogens with one attached hydrogen (secondary N) is 1. The van der Waals surface area contributed by atoms with Crippen molar-refractivity contribution in [3.63, 3.8) is 0 Å². The minimum atomic E-state index is -0.807. The van der Waals surface area contributed by atoms with E-state index in [1.165, 1.54) is 30.3 Å². The smallest absolute Gasteiger partial charge is 0.269 e. The van der Waals surface area contributed by atoms with Crippen LogP contribution in [0.25, 0.3) is 0 Å². The van der Waals surface area contributed by atoms with Crippen molar-refractivity contribution in [2.24, 2.45) is 7.05 Å². The molecule has 26 heavy (non-hydrogen) atoms. The van der Waals surface area contributed by atoms with E-state index in [2.05, 4.69) is 10.3 Å². The summed E-state index contributed by atoms with van der Waals surface area (Å²) >= 11 is 0. The van der Waals surface area contributed by atoms with Crippen LogP contribution in [0.2, 0.25) is 0 Å². The molecule has 0 fully saturated rings. The van der Waals surface area contributed by atoms with E-state index in [0.717, 1.165) is 0 Å². The van der Waals surface area contributed by atoms with Crippen LogP contribution in [0.15, 0.2) is 60.9 Å². The van der Waals surface area contributed by atoms with E-state index in [9.17, 15) is 19.3 Å². The van der Waals surface area contributed by atoms with Crippen LogP contribution in [0.5, 0.6) is 0 Å². The Balaban J connectivity index is 1.93. The molecular formula is C18H15FN4O3. The summed E-state index contributed by atoms with van der Waals surface area (Å²) in [7, 11) is 1.74. The number of rotatable bonds is 5. The molecule has 0 radical (unpaired) electrons. The van der Waals surface area contributed by atoms with Crippen LogP contribution in [0.1, 0.15) is 27.8 Å². The molecule has 0 saturated heterocycles. The Morgan fingerprint density at radius 3 is 2.50 bits per heavy atom. The fraction of sp³-hybridized carbons (Fsp3) is 0.111. The first-order chi connectivity index (χ1) is 12.5. The van der Waals surface area contributed by atoms with Crippen LogP contribution in [0.4, 0.5) is 10.1 Å². The first-order valence-electron chi connectivity index (χ1n) is 7.74. The predicted molar refractivity (Wildman–Crippen MR) is 92.0 cm³/mol. The van der Waals surface area contributed by atoms with Gasteiger partial charge in [-0.1, -0.05) is 18.2 Å². The van der Waals surface area contributed by atoms with Gasteiger partial charge < -0.3 is 9.88 Å². The molecule has 1 N–H and O–H groups in total. The van der Waals surface area contributed by atoms with Gasteiger partial charge in [0.2, 0.25) is 0 Å². The Morgan fingerprint density at radius 1 is 1.23 bits per heavy atom. The van der Waals surface area contributed by atoms with Crippen molar-refractivity contribution in [1.29, 1.82) is 0 Å². The van der Waals surface area contributed by atoms with Gasteiger partial charge in [0, 0.05) is 42.7 Å². The third-order valence-electron chi connectivity index (χ3n) is 3.95. The van der Waals surface area contributed by atoms with Gasteiger partial charge in [-0.25, -0.2) is 9.37 Å². The highest BCUT2D eigenvalue weighted by molar-refractivity contribution is 5.94. The van der Waals surface area contributed by atoms with E-state index in [4.69, 9.17) is 0 Å². The minimum Gasteiger partial charge on any atom is -0.338 e. The van der Waals surface area contributed by atoms with Gasteiger partial charge in [0.05, 0.1) is 4.92 Å². The summed E-state index contributed by atoms with van der Waals surface area (Å²) in [5.41, 5.74) is 0.388. The van der Waals surface area contributed by atoms with Crippen LogP contribution in [-0.4, -0.2) is 20.4 Å². The SMILES string of the molecule is Cn1ccnc1C(NC(=O)c1ccc([N+](=O)[O-])cc1)c1ccccc1F. The molecule has 7 nitrogen and oxygen atoms in total. The first-order valence-corrected chi connectivity index (χ1v) is 7.74. The van der Waals surface area contributed by atoms with Gasteiger partial charge in [-0.3, -0.25) is 14.9 Å². The summed E-state index contributed by atoms with van der Waals surface area (Å²) in [4.78, 5) is 27.0. The maximum atomic E-state index is 14.3. The van der Waals surface area contributed by atoms with Gasteiger partial charge in [0.15, 0.2) is 0 Å². The minimum absolute atomic E-state index is 0.115. The number of aryl methyl sites for hydroxylation is 1. The van der Waals surface area contributed by atoms with Crippen molar-refractivity contribution in [2.45, 2.75) is 6.04 Å². The maximum absolute atomic E-state index is 14.3. The van der Waals surface area contributed by atoms with Crippen molar-refractivity contribution in [3.8, 4) is 0 Å². The van der Waals surface area contributed by atoms with E-state index in [1.54, 1.807) is 42.2 Å². The highest BCUT2D eigenvalue weighted by Gasteiger charge is 2.24. The number of hydrogen-bond acceptors (Lipinski definition) is 4. The van der Waals surface area contributed by atoms with Gasteiger partial charge >= 0.3 is 0 Å². The lowest BCUT2D eigenvalue weighted by Gasteiger charge is -2.19. The molecule has 3 aromatic rings. The van der Waals surface area contributed by atoms with Gasteiger partial charge in [0.1, 0.15) is 17.7 Å². The largest absolute Gasteiger partial charge is 0.338 e. The number of amides is 1. The number of carbonyl (C=O) groups excluding carboxylic acids is 1. The number of imidazole rings is 1. The molecule has 1 unspecified atom stereocenters. The molecule has 0 aliphatic heterocycles. The Bertz CT molecular complexity index is 953. The second kappa shape index (κ2) is 7.14. The molecular weight excluding hydrogens is 339 g/mol. The van der Waals surface area contributed by atoms with E-state index in [-0.39, 0.29) is 16.8 Å². The average molecular weight is 354 g/mol. The van der Waals surface area contributed by atoms with E-state index in [1.807, 2.05) is 0 Å². The van der Waals surface area contributed by atoms with Crippen LogP contribution >= 0.6 is 0 Å². The van der Waals surface area contributed by atoms with Crippen molar-refractivity contribution in [3.05, 3.63) is 93.8 Å². The second-order valence-corrected chi connectivity index (χ2v) is 5.63. The summed E-state index contributed by atoms with van der Waals surface area (Å²) in [6.07, 6.45) is 3.25. The lowest BCUT2D eigenvalue weighted by atomic mass is 10.0. The molecule has 8 heteroatoms. The van der Waals surface area contributed by atoms with E-state index in [0.29, 0.717) is 5.82 Å². The molecule has 0 bridgehead atoms. The van der Waals surface area contributed by atoms with Crippen LogP contribution in [0.3, 0.4) is 0 Å². The van der Waals surface area contributed by atoms with Crippen LogP contribution in [-0.2, 0) is 7.05 Å². The molecule has 3 rings (SSSR count). The number of nitro groups is 1. The lowest BCUT2D eigenvalue weighted by molar-refractivity contribution is -0.384. The number of nitrogens with zero attached hydrogens (tertiary/aromatic N) is 3. The zero-order valence-corrected chi connectivity index (χ0v) is 13.8. The first kappa shape index (κ1) is 17.3. The molecule has 0 saturated carbocycles. The zero-order chi connectivity index (χ0) is 18.7. The summed E-state index contributed by atoms with van der Waals surface area (Å²) in [5, 5.41) is 13.5. The number of halogens is 1. The predicted octanol–water partition coefficient (Wildman–Crippen LogP) is 2.99. The molecule has 0 aliphatic rings. The number of nitro benzene ring substituents is 1. The third kappa shape index (κ3) is 3.44. The van der Waals surface area contributed by atoms with Crippen LogP contribution < -0.4 is 5.32 Å². The van der Waals surface area contributed by atoms with Gasteiger partial charge in [-0.2, -0.15) is 0 Å². The van der Waals surface area contributed by atoms with Crippen molar-refractivity contribution in [1.82, 2.24) is 14.9 Å². The van der Waals surface area contributed by atoms with Crippen molar-refractivity contribution in [2.75, 3.05) is 0 Å². The van der Waals surface area contributed by atoms with Crippen molar-refractivity contribution < 1.29 is 14.1 Å².